The third-order valence-corrected chi connectivity index (χ3v) is 6.05. The van der Waals surface area contributed by atoms with Crippen LogP contribution in [0.4, 0.5) is 0 Å². The molecule has 2 aromatic rings. The number of esters is 1. The van der Waals surface area contributed by atoms with E-state index in [0.29, 0.717) is 22.1 Å². The summed E-state index contributed by atoms with van der Waals surface area (Å²) in [6, 6.07) is 9.33. The van der Waals surface area contributed by atoms with E-state index >= 15 is 0 Å². The van der Waals surface area contributed by atoms with Crippen molar-refractivity contribution in [2.45, 2.75) is 37.6 Å². The summed E-state index contributed by atoms with van der Waals surface area (Å²) in [5.41, 5.74) is 2.97. The Morgan fingerprint density at radius 2 is 1.83 bits per heavy atom. The predicted octanol–water partition coefficient (Wildman–Crippen LogP) is 3.66. The van der Waals surface area contributed by atoms with Crippen LogP contribution in [0.1, 0.15) is 51.0 Å². The van der Waals surface area contributed by atoms with Gasteiger partial charge in [-0.3, -0.25) is 9.59 Å². The molecule has 0 N–H and O–H groups in total. The monoisotopic (exact) mass is 414 g/mol. The second-order valence-corrected chi connectivity index (χ2v) is 8.48. The third-order valence-electron chi connectivity index (χ3n) is 4.99. The lowest BCUT2D eigenvalue weighted by molar-refractivity contribution is -0.125. The number of thioether (sulfide) groups is 1. The highest BCUT2D eigenvalue weighted by molar-refractivity contribution is 8.00. The number of ketones is 1. The average Bonchev–Trinajstić information content (AvgIpc) is 3.48. The highest BCUT2D eigenvalue weighted by Gasteiger charge is 2.28. The molecule has 0 atom stereocenters. The molecule has 0 unspecified atom stereocenters. The van der Waals surface area contributed by atoms with Gasteiger partial charge in [-0.05, 0) is 44.9 Å². The average molecular weight is 415 g/mol. The maximum atomic E-state index is 12.6. The Morgan fingerprint density at radius 3 is 2.48 bits per heavy atom. The van der Waals surface area contributed by atoms with Gasteiger partial charge in [0, 0.05) is 42.0 Å². The number of nitrogens with zero attached hydrogens (tertiary/aromatic N) is 2. The zero-order valence-corrected chi connectivity index (χ0v) is 18.0. The first-order valence-electron chi connectivity index (χ1n) is 9.60. The van der Waals surface area contributed by atoms with E-state index in [0.717, 1.165) is 24.2 Å². The Bertz CT molecular complexity index is 944. The number of ether oxygens (including phenoxy) is 1. The van der Waals surface area contributed by atoms with Crippen molar-refractivity contribution in [1.82, 2.24) is 9.47 Å². The van der Waals surface area contributed by atoms with Gasteiger partial charge < -0.3 is 14.2 Å². The van der Waals surface area contributed by atoms with E-state index in [-0.39, 0.29) is 24.1 Å². The minimum atomic E-state index is -0.560. The molecule has 0 saturated heterocycles. The molecular formula is C22H26N2O4S. The van der Waals surface area contributed by atoms with Crippen molar-refractivity contribution in [1.29, 1.82) is 0 Å². The fourth-order valence-corrected chi connectivity index (χ4v) is 4.29. The number of benzene rings is 1. The predicted molar refractivity (Wildman–Crippen MR) is 113 cm³/mol. The molecule has 1 heterocycles. The normalized spacial score (nSPS) is 13.2. The van der Waals surface area contributed by atoms with Gasteiger partial charge in [0.25, 0.3) is 0 Å². The molecule has 29 heavy (non-hydrogen) atoms. The zero-order chi connectivity index (χ0) is 21.1. The Morgan fingerprint density at radius 1 is 1.14 bits per heavy atom. The first kappa shape index (κ1) is 21.2. The molecule has 1 aliphatic rings. The summed E-state index contributed by atoms with van der Waals surface area (Å²) in [5.74, 6) is -0.580. The Balaban J connectivity index is 1.65. The summed E-state index contributed by atoms with van der Waals surface area (Å²) in [6.07, 6.45) is 2.29. The lowest BCUT2D eigenvalue weighted by Gasteiger charge is -2.12. The Labute approximate surface area is 175 Å². The number of carbonyl (C=O) groups excluding carboxylic acids is 3. The highest BCUT2D eigenvalue weighted by atomic mass is 32.2. The van der Waals surface area contributed by atoms with Crippen LogP contribution >= 0.6 is 11.8 Å². The molecule has 1 amide bonds. The maximum Gasteiger partial charge on any atom is 0.339 e. The molecule has 0 spiro atoms. The molecule has 0 bridgehead atoms. The van der Waals surface area contributed by atoms with Gasteiger partial charge in [-0.1, -0.05) is 12.1 Å². The van der Waals surface area contributed by atoms with Crippen molar-refractivity contribution in [3.63, 3.8) is 0 Å². The fourth-order valence-electron chi connectivity index (χ4n) is 3.27. The van der Waals surface area contributed by atoms with Gasteiger partial charge in [0.1, 0.15) is 0 Å². The van der Waals surface area contributed by atoms with Crippen molar-refractivity contribution < 1.29 is 19.1 Å². The largest absolute Gasteiger partial charge is 0.454 e. The number of rotatable bonds is 8. The first-order valence-corrected chi connectivity index (χ1v) is 10.6. The van der Waals surface area contributed by atoms with Crippen molar-refractivity contribution >= 4 is 29.4 Å². The number of hydrogen-bond donors (Lipinski definition) is 0. The number of carbonyl (C=O) groups is 3. The summed E-state index contributed by atoms with van der Waals surface area (Å²) in [5, 5.41) is 0. The molecule has 1 saturated carbocycles. The van der Waals surface area contributed by atoms with E-state index in [1.165, 1.54) is 16.7 Å². The minimum Gasteiger partial charge on any atom is -0.454 e. The van der Waals surface area contributed by atoms with Gasteiger partial charge in [0.15, 0.2) is 6.61 Å². The molecule has 0 radical (unpaired) electrons. The maximum absolute atomic E-state index is 12.6. The molecule has 154 valence electrons. The zero-order valence-electron chi connectivity index (χ0n) is 17.2. The molecule has 1 aliphatic carbocycles. The molecule has 1 aromatic heterocycles. The number of Topliss-reactive ketones (excluding diaryl/α,β-unsaturated/α-hetero) is 1. The van der Waals surface area contributed by atoms with Gasteiger partial charge in [-0.15, -0.1) is 11.8 Å². The lowest BCUT2D eigenvalue weighted by atomic mass is 10.1. The standard InChI is InChI=1S/C22H26N2O4S/c1-14-11-18(15(2)24(14)16-9-10-16)19(25)12-28-22(27)17-7-5-6-8-20(17)29-13-21(26)23(3)4/h5-8,11,16H,9-10,12-13H2,1-4H3. The van der Waals surface area contributed by atoms with Crippen LogP contribution < -0.4 is 0 Å². The molecule has 7 heteroatoms. The van der Waals surface area contributed by atoms with E-state index in [2.05, 4.69) is 4.57 Å². The molecule has 1 fully saturated rings. The molecule has 0 aliphatic heterocycles. The molecule has 1 aromatic carbocycles. The second kappa shape index (κ2) is 8.86. The van der Waals surface area contributed by atoms with Crippen LogP contribution in [-0.2, 0) is 9.53 Å². The van der Waals surface area contributed by atoms with Gasteiger partial charge in [0.05, 0.1) is 11.3 Å². The number of amides is 1. The van der Waals surface area contributed by atoms with Crippen molar-refractivity contribution in [3.8, 4) is 0 Å². The number of aryl methyl sites for hydroxylation is 1. The molecular weight excluding hydrogens is 388 g/mol. The Kier molecular flexibility index (Phi) is 6.47. The van der Waals surface area contributed by atoms with Crippen LogP contribution in [0.3, 0.4) is 0 Å². The summed E-state index contributed by atoms with van der Waals surface area (Å²) in [4.78, 5) is 39.2. The lowest BCUT2D eigenvalue weighted by Crippen LogP contribution is -2.23. The van der Waals surface area contributed by atoms with E-state index in [1.54, 1.807) is 38.4 Å². The Hall–Kier alpha value is -2.54. The van der Waals surface area contributed by atoms with E-state index < -0.39 is 5.97 Å². The minimum absolute atomic E-state index is 0.0423. The van der Waals surface area contributed by atoms with Gasteiger partial charge in [-0.2, -0.15) is 0 Å². The van der Waals surface area contributed by atoms with Crippen LogP contribution in [-0.4, -0.2) is 53.6 Å². The van der Waals surface area contributed by atoms with E-state index in [4.69, 9.17) is 4.74 Å². The fraction of sp³-hybridized carbons (Fsp3) is 0.409. The van der Waals surface area contributed by atoms with Crippen LogP contribution in [0.15, 0.2) is 35.2 Å². The summed E-state index contributed by atoms with van der Waals surface area (Å²) >= 11 is 1.28. The third kappa shape index (κ3) is 4.90. The second-order valence-electron chi connectivity index (χ2n) is 7.46. The smallest absolute Gasteiger partial charge is 0.339 e. The van der Waals surface area contributed by atoms with E-state index in [9.17, 15) is 14.4 Å². The van der Waals surface area contributed by atoms with Gasteiger partial charge >= 0.3 is 5.97 Å². The van der Waals surface area contributed by atoms with E-state index in [1.807, 2.05) is 19.9 Å². The van der Waals surface area contributed by atoms with Crippen molar-refractivity contribution in [2.75, 3.05) is 26.5 Å². The van der Waals surface area contributed by atoms with Crippen LogP contribution in [0.2, 0.25) is 0 Å². The molecule has 6 nitrogen and oxygen atoms in total. The summed E-state index contributed by atoms with van der Waals surface area (Å²) < 4.78 is 7.51. The van der Waals surface area contributed by atoms with Gasteiger partial charge in [-0.25, -0.2) is 4.79 Å². The summed E-state index contributed by atoms with van der Waals surface area (Å²) in [6.45, 7) is 3.63. The SMILES string of the molecule is Cc1cc(C(=O)COC(=O)c2ccccc2SCC(=O)N(C)C)c(C)n1C1CC1. The molecule has 3 rings (SSSR count). The van der Waals surface area contributed by atoms with Crippen molar-refractivity contribution in [2.24, 2.45) is 0 Å². The topological polar surface area (TPSA) is 68.6 Å². The van der Waals surface area contributed by atoms with Crippen LogP contribution in [0.25, 0.3) is 0 Å². The number of aromatic nitrogens is 1. The van der Waals surface area contributed by atoms with Crippen LogP contribution in [0, 0.1) is 13.8 Å². The van der Waals surface area contributed by atoms with Crippen molar-refractivity contribution in [3.05, 3.63) is 52.8 Å². The summed E-state index contributed by atoms with van der Waals surface area (Å²) in [7, 11) is 3.38. The quantitative estimate of drug-likeness (QED) is 0.375. The highest BCUT2D eigenvalue weighted by Crippen LogP contribution is 2.38. The van der Waals surface area contributed by atoms with Gasteiger partial charge in [0.2, 0.25) is 11.7 Å². The first-order chi connectivity index (χ1) is 13.8. The number of hydrogen-bond acceptors (Lipinski definition) is 5. The van der Waals surface area contributed by atoms with Crippen LogP contribution in [0.5, 0.6) is 0 Å².